The van der Waals surface area contributed by atoms with Crippen molar-refractivity contribution in [1.82, 2.24) is 4.90 Å². The molecular formula is C28H33Cl2F3N2O5S. The highest BCUT2D eigenvalue weighted by molar-refractivity contribution is 7.91. The normalized spacial score (nSPS) is 15.1. The molecular weight excluding hydrogens is 604 g/mol. The largest absolute Gasteiger partial charge is 0.444 e. The zero-order valence-electron chi connectivity index (χ0n) is 23.4. The van der Waals surface area contributed by atoms with Gasteiger partial charge in [0.25, 0.3) is 5.91 Å². The Bertz CT molecular complexity index is 1420. The van der Waals surface area contributed by atoms with Crippen LogP contribution in [0.1, 0.15) is 62.0 Å². The molecule has 0 aliphatic carbocycles. The van der Waals surface area contributed by atoms with Crippen molar-refractivity contribution in [3.8, 4) is 0 Å². The molecule has 3 rings (SSSR count). The molecule has 0 saturated carbocycles. The van der Waals surface area contributed by atoms with Crippen molar-refractivity contribution in [1.29, 1.82) is 0 Å². The smallest absolute Gasteiger partial charge is 0.416 e. The molecule has 1 aliphatic rings. The molecule has 13 heteroatoms. The number of anilines is 1. The number of hydrogen-bond acceptors (Lipinski definition) is 5. The van der Waals surface area contributed by atoms with Crippen LogP contribution in [0.3, 0.4) is 0 Å². The summed E-state index contributed by atoms with van der Waals surface area (Å²) >= 11 is 12.4. The average molecular weight is 638 g/mol. The summed E-state index contributed by atoms with van der Waals surface area (Å²) in [7, 11) is -2.52. The van der Waals surface area contributed by atoms with Gasteiger partial charge in [0.2, 0.25) is 0 Å². The van der Waals surface area contributed by atoms with E-state index in [1.54, 1.807) is 20.8 Å². The van der Waals surface area contributed by atoms with Crippen molar-refractivity contribution in [2.45, 2.75) is 63.6 Å². The molecule has 0 aromatic heterocycles. The Kier molecular flexibility index (Phi) is 9.97. The van der Waals surface area contributed by atoms with Crippen LogP contribution < -0.4 is 4.90 Å². The number of alkyl halides is 3. The van der Waals surface area contributed by atoms with Crippen molar-refractivity contribution in [3.05, 3.63) is 57.1 Å². The molecule has 226 valence electrons. The number of amides is 2. The lowest BCUT2D eigenvalue weighted by molar-refractivity contribution is -0.138. The lowest BCUT2D eigenvalue weighted by Crippen LogP contribution is -2.42. The number of carbonyl (C=O) groups excluding carboxylic acids is 2. The van der Waals surface area contributed by atoms with Crippen LogP contribution in [0, 0.1) is 5.92 Å². The number of sulfone groups is 1. The summed E-state index contributed by atoms with van der Waals surface area (Å²) in [4.78, 5) is 28.0. The van der Waals surface area contributed by atoms with Gasteiger partial charge >= 0.3 is 12.3 Å². The van der Waals surface area contributed by atoms with E-state index in [1.165, 1.54) is 43.1 Å². The lowest BCUT2D eigenvalue weighted by Gasteiger charge is -2.34. The molecule has 0 radical (unpaired) electrons. The third-order valence-corrected chi connectivity index (χ3v) is 9.16. The van der Waals surface area contributed by atoms with Gasteiger partial charge in [-0.25, -0.2) is 13.2 Å². The minimum Gasteiger partial charge on any atom is -0.444 e. The number of ether oxygens (including phenoxy) is 1. The molecule has 2 aromatic carbocycles. The lowest BCUT2D eigenvalue weighted by atomic mass is 9.87. The fraction of sp³-hybridized carbons (Fsp3) is 0.500. The molecule has 1 heterocycles. The Morgan fingerprint density at radius 3 is 2.22 bits per heavy atom. The molecule has 0 atom stereocenters. The van der Waals surface area contributed by atoms with E-state index in [4.69, 9.17) is 27.9 Å². The van der Waals surface area contributed by atoms with Gasteiger partial charge in [0, 0.05) is 35.7 Å². The predicted molar refractivity (Wildman–Crippen MR) is 153 cm³/mol. The summed E-state index contributed by atoms with van der Waals surface area (Å²) < 4.78 is 73.3. The SMILES string of the molecule is CCS(=O)(=O)c1ccc(Cl)cc1N(C)C(=O)c1cc(Cl)c(CC2CCN(C(=O)OC(C)(C)C)CC2)c(C(F)(F)F)c1. The maximum atomic E-state index is 14.2. The van der Waals surface area contributed by atoms with E-state index in [0.717, 1.165) is 11.0 Å². The number of halogens is 5. The van der Waals surface area contributed by atoms with Gasteiger partial charge in [0.1, 0.15) is 5.60 Å². The second kappa shape index (κ2) is 12.4. The summed E-state index contributed by atoms with van der Waals surface area (Å²) in [5, 5.41) is -0.0737. The van der Waals surface area contributed by atoms with Crippen LogP contribution in [0.2, 0.25) is 10.0 Å². The number of carbonyl (C=O) groups is 2. The van der Waals surface area contributed by atoms with E-state index in [2.05, 4.69) is 0 Å². The molecule has 2 amide bonds. The Hall–Kier alpha value is -2.50. The van der Waals surface area contributed by atoms with E-state index in [-0.39, 0.29) is 49.8 Å². The van der Waals surface area contributed by atoms with Gasteiger partial charge in [-0.3, -0.25) is 4.79 Å². The van der Waals surface area contributed by atoms with Gasteiger partial charge < -0.3 is 14.5 Å². The van der Waals surface area contributed by atoms with Crippen LogP contribution in [0.25, 0.3) is 0 Å². The Morgan fingerprint density at radius 1 is 1.07 bits per heavy atom. The van der Waals surface area contributed by atoms with Crippen LogP contribution >= 0.6 is 23.2 Å². The van der Waals surface area contributed by atoms with Gasteiger partial charge in [-0.2, -0.15) is 13.2 Å². The summed E-state index contributed by atoms with van der Waals surface area (Å²) in [6.07, 6.45) is -4.35. The molecule has 41 heavy (non-hydrogen) atoms. The molecule has 0 N–H and O–H groups in total. The minimum atomic E-state index is -4.81. The van der Waals surface area contributed by atoms with E-state index in [0.29, 0.717) is 25.9 Å². The third kappa shape index (κ3) is 8.08. The van der Waals surface area contributed by atoms with Crippen LogP contribution in [-0.2, 0) is 27.2 Å². The summed E-state index contributed by atoms with van der Waals surface area (Å²) in [5.74, 6) is -1.31. The van der Waals surface area contributed by atoms with Crippen molar-refractivity contribution >= 4 is 50.7 Å². The molecule has 1 saturated heterocycles. The molecule has 1 fully saturated rings. The first-order valence-electron chi connectivity index (χ1n) is 13.0. The number of hydrogen-bond donors (Lipinski definition) is 0. The van der Waals surface area contributed by atoms with Crippen molar-refractivity contribution in [3.63, 3.8) is 0 Å². The number of rotatable bonds is 6. The van der Waals surface area contributed by atoms with E-state index >= 15 is 0 Å². The van der Waals surface area contributed by atoms with Crippen molar-refractivity contribution in [2.24, 2.45) is 5.92 Å². The molecule has 2 aromatic rings. The van der Waals surface area contributed by atoms with E-state index in [1.807, 2.05) is 0 Å². The molecule has 7 nitrogen and oxygen atoms in total. The molecule has 1 aliphatic heterocycles. The highest BCUT2D eigenvalue weighted by atomic mass is 35.5. The number of likely N-dealkylation sites (tertiary alicyclic amines) is 1. The van der Waals surface area contributed by atoms with Crippen LogP contribution in [0.15, 0.2) is 35.2 Å². The van der Waals surface area contributed by atoms with E-state index in [9.17, 15) is 31.2 Å². The van der Waals surface area contributed by atoms with Crippen molar-refractivity contribution in [2.75, 3.05) is 30.8 Å². The fourth-order valence-corrected chi connectivity index (χ4v) is 6.19. The fourth-order valence-electron chi connectivity index (χ4n) is 4.63. The first-order valence-corrected chi connectivity index (χ1v) is 15.4. The Morgan fingerprint density at radius 2 is 1.68 bits per heavy atom. The first-order chi connectivity index (χ1) is 18.8. The molecule has 0 bridgehead atoms. The van der Waals surface area contributed by atoms with Crippen LogP contribution in [-0.4, -0.2) is 56.8 Å². The minimum absolute atomic E-state index is 0.00727. The second-order valence-corrected chi connectivity index (χ2v) is 14.1. The first kappa shape index (κ1) is 33.0. The topological polar surface area (TPSA) is 84.0 Å². The maximum Gasteiger partial charge on any atom is 0.416 e. The van der Waals surface area contributed by atoms with Gasteiger partial charge in [-0.05, 0) is 81.8 Å². The monoisotopic (exact) mass is 636 g/mol. The summed E-state index contributed by atoms with van der Waals surface area (Å²) in [5.41, 5.74) is -2.24. The van der Waals surface area contributed by atoms with Gasteiger partial charge in [-0.15, -0.1) is 0 Å². The zero-order chi connectivity index (χ0) is 30.9. The van der Waals surface area contributed by atoms with E-state index < -0.39 is 39.2 Å². The Balaban J connectivity index is 1.89. The summed E-state index contributed by atoms with van der Waals surface area (Å²) in [6, 6.07) is 5.79. The number of benzene rings is 2. The number of nitrogens with zero attached hydrogens (tertiary/aromatic N) is 2. The van der Waals surface area contributed by atoms with Crippen molar-refractivity contribution < 1.29 is 35.9 Å². The number of piperidine rings is 1. The predicted octanol–water partition coefficient (Wildman–Crippen LogP) is 7.27. The summed E-state index contributed by atoms with van der Waals surface area (Å²) in [6.45, 7) is 7.37. The Labute approximate surface area is 248 Å². The zero-order valence-corrected chi connectivity index (χ0v) is 25.8. The van der Waals surface area contributed by atoms with Gasteiger partial charge in [-0.1, -0.05) is 30.1 Å². The second-order valence-electron chi connectivity index (χ2n) is 11.0. The van der Waals surface area contributed by atoms with Crippen LogP contribution in [0.4, 0.5) is 23.7 Å². The van der Waals surface area contributed by atoms with Gasteiger partial charge in [0.05, 0.1) is 21.9 Å². The van der Waals surface area contributed by atoms with Gasteiger partial charge in [0.15, 0.2) is 9.84 Å². The molecule has 0 spiro atoms. The average Bonchev–Trinajstić information content (AvgIpc) is 2.87. The quantitative estimate of drug-likeness (QED) is 0.333. The third-order valence-electron chi connectivity index (χ3n) is 6.81. The highest BCUT2D eigenvalue weighted by Gasteiger charge is 2.37. The van der Waals surface area contributed by atoms with Crippen LogP contribution in [0.5, 0.6) is 0 Å². The standard InChI is InChI=1S/C28H33Cl2F3N2O5S/c1-6-41(38,39)24-8-7-19(29)16-23(24)34(5)25(36)18-14-21(28(31,32)33)20(22(30)15-18)13-17-9-11-35(12-10-17)26(37)40-27(2,3)4/h7-8,14-17H,6,9-13H2,1-5H3. The molecule has 0 unspecified atom stereocenters. The maximum absolute atomic E-state index is 14.2. The highest BCUT2D eigenvalue weighted by Crippen LogP contribution is 2.39.